The molecule has 15 heteroatoms. The average Bonchev–Trinajstić information content (AvgIpc) is 3.29. The Bertz CT molecular complexity index is 1230. The lowest BCUT2D eigenvalue weighted by Gasteiger charge is -2.49. The van der Waals surface area contributed by atoms with Crippen LogP contribution in [0.2, 0.25) is 0 Å². The molecule has 0 aromatic carbocycles. The summed E-state index contributed by atoms with van der Waals surface area (Å²) in [5, 5.41) is 15.9. The van der Waals surface area contributed by atoms with E-state index in [1.54, 1.807) is 14.0 Å². The fourth-order valence-corrected chi connectivity index (χ4v) is 5.51. The number of pyridine rings is 1. The molecule has 2 aliphatic heterocycles. The molecule has 2 amide bonds. The number of hydrogen-bond acceptors (Lipinski definition) is 11. The van der Waals surface area contributed by atoms with Gasteiger partial charge in [0.25, 0.3) is 11.8 Å². The number of ether oxygens (including phenoxy) is 1. The number of fused-ring (bicyclic) bond motifs is 1. The Morgan fingerprint density at radius 2 is 2.14 bits per heavy atom. The van der Waals surface area contributed by atoms with Crippen molar-refractivity contribution in [3.05, 3.63) is 47.2 Å². The van der Waals surface area contributed by atoms with Crippen molar-refractivity contribution < 1.29 is 33.6 Å². The van der Waals surface area contributed by atoms with Gasteiger partial charge >= 0.3 is 5.97 Å². The Balaban J connectivity index is 1.50. The molecule has 1 fully saturated rings. The number of aliphatic carboxylic acids is 1. The van der Waals surface area contributed by atoms with Gasteiger partial charge in [-0.05, 0) is 12.5 Å². The summed E-state index contributed by atoms with van der Waals surface area (Å²) in [5.41, 5.74) is 6.89. The van der Waals surface area contributed by atoms with Crippen LogP contribution < -0.4 is 15.6 Å². The van der Waals surface area contributed by atoms with Crippen molar-refractivity contribution in [1.82, 2.24) is 19.6 Å². The average molecular weight is 535 g/mol. The van der Waals surface area contributed by atoms with Gasteiger partial charge in [-0.1, -0.05) is 5.16 Å². The van der Waals surface area contributed by atoms with Crippen molar-refractivity contribution in [1.29, 1.82) is 0 Å². The molecular weight excluding hydrogens is 510 g/mol. The lowest BCUT2D eigenvalue weighted by atomic mass is 10.0. The van der Waals surface area contributed by atoms with Crippen LogP contribution in [-0.2, 0) is 37.1 Å². The maximum Gasteiger partial charge on any atom is 0.352 e. The van der Waals surface area contributed by atoms with Crippen molar-refractivity contribution in [2.45, 2.75) is 31.5 Å². The molecule has 4 heterocycles. The van der Waals surface area contributed by atoms with Crippen molar-refractivity contribution in [2.75, 3.05) is 25.2 Å². The number of oxime groups is 1. The number of carboxylic acid groups (broad SMARTS) is 1. The molecule has 190 valence electrons. The van der Waals surface area contributed by atoms with Crippen LogP contribution in [0.1, 0.15) is 18.3 Å². The van der Waals surface area contributed by atoms with Crippen LogP contribution in [0.5, 0.6) is 0 Å². The third-order valence-electron chi connectivity index (χ3n) is 5.33. The van der Waals surface area contributed by atoms with E-state index >= 15 is 0 Å². The molecule has 2 aromatic heterocycles. The second-order valence-electron chi connectivity index (χ2n) is 7.74. The van der Waals surface area contributed by atoms with Gasteiger partial charge in [0.2, 0.25) is 11.5 Å². The van der Waals surface area contributed by atoms with Crippen molar-refractivity contribution in [2.24, 2.45) is 5.16 Å². The zero-order chi connectivity index (χ0) is 25.8. The number of nitrogen functional groups attached to an aromatic ring is 1. The highest BCUT2D eigenvalue weighted by atomic mass is 32.2. The van der Waals surface area contributed by atoms with Gasteiger partial charge in [-0.25, -0.2) is 9.36 Å². The third kappa shape index (κ3) is 5.17. The smallest absolute Gasteiger partial charge is 0.352 e. The molecule has 4 rings (SSSR count). The number of nitrogens with one attached hydrogen (secondary N) is 1. The van der Waals surface area contributed by atoms with Crippen molar-refractivity contribution in [3.8, 4) is 0 Å². The number of carbonyl (C=O) groups is 3. The molecule has 0 bridgehead atoms. The van der Waals surface area contributed by atoms with Gasteiger partial charge < -0.3 is 25.7 Å². The first-order chi connectivity index (χ1) is 17.3. The number of hydrogen-bond donors (Lipinski definition) is 3. The SMILES string of the molecule is CCON=C(C(=O)NC1C(=O)N2C(C(=O)O)=C(C[n+]3ccc(COC)cc3)CS[C@H]12)c1nsc(N)n1. The van der Waals surface area contributed by atoms with Gasteiger partial charge in [-0.15, -0.1) is 11.8 Å². The Kier molecular flexibility index (Phi) is 7.81. The van der Waals surface area contributed by atoms with Crippen LogP contribution in [-0.4, -0.2) is 73.7 Å². The topological polar surface area (TPSA) is 173 Å². The van der Waals surface area contributed by atoms with Gasteiger partial charge in [-0.2, -0.15) is 9.36 Å². The highest BCUT2D eigenvalue weighted by Crippen LogP contribution is 2.40. The molecule has 2 atom stereocenters. The van der Waals surface area contributed by atoms with Crippen LogP contribution in [0.4, 0.5) is 5.13 Å². The van der Waals surface area contributed by atoms with Gasteiger partial charge in [0.1, 0.15) is 23.7 Å². The first-order valence-corrected chi connectivity index (χ1v) is 12.6. The molecule has 0 saturated carbocycles. The van der Waals surface area contributed by atoms with Crippen LogP contribution in [0.3, 0.4) is 0 Å². The number of nitrogens with zero attached hydrogens (tertiary/aromatic N) is 5. The molecular formula is C21H24N7O6S2+. The normalized spacial score (nSPS) is 19.6. The molecule has 1 unspecified atom stereocenters. The van der Waals surface area contributed by atoms with E-state index in [9.17, 15) is 19.5 Å². The number of carboxylic acids is 1. The molecule has 36 heavy (non-hydrogen) atoms. The molecule has 4 N–H and O–H groups in total. The number of rotatable bonds is 10. The first kappa shape index (κ1) is 25.5. The van der Waals surface area contributed by atoms with Gasteiger partial charge in [0, 0.05) is 42.1 Å². The van der Waals surface area contributed by atoms with E-state index in [2.05, 4.69) is 19.8 Å². The van der Waals surface area contributed by atoms with E-state index in [0.29, 0.717) is 24.5 Å². The van der Waals surface area contributed by atoms with E-state index < -0.39 is 29.2 Å². The highest BCUT2D eigenvalue weighted by molar-refractivity contribution is 8.00. The van der Waals surface area contributed by atoms with E-state index in [1.807, 2.05) is 29.1 Å². The maximum absolute atomic E-state index is 13.0. The lowest BCUT2D eigenvalue weighted by molar-refractivity contribution is -0.689. The molecule has 2 aromatic rings. The minimum absolute atomic E-state index is 0.0228. The Hall–Kier alpha value is -3.56. The second-order valence-corrected chi connectivity index (χ2v) is 9.63. The Morgan fingerprint density at radius 3 is 2.75 bits per heavy atom. The van der Waals surface area contributed by atoms with Gasteiger partial charge in [0.05, 0.1) is 6.61 Å². The van der Waals surface area contributed by atoms with Crippen LogP contribution in [0, 0.1) is 0 Å². The van der Waals surface area contributed by atoms with Crippen LogP contribution in [0.25, 0.3) is 0 Å². The number of amides is 2. The van der Waals surface area contributed by atoms with Gasteiger partial charge in [0.15, 0.2) is 24.1 Å². The third-order valence-corrected chi connectivity index (χ3v) is 7.22. The minimum atomic E-state index is -1.20. The molecule has 2 aliphatic rings. The monoisotopic (exact) mass is 534 g/mol. The molecule has 1 saturated heterocycles. The summed E-state index contributed by atoms with van der Waals surface area (Å²) in [6.45, 7) is 2.67. The van der Waals surface area contributed by atoms with E-state index in [4.69, 9.17) is 15.3 Å². The number of thioether (sulfide) groups is 1. The molecule has 0 spiro atoms. The predicted octanol–water partition coefficient (Wildman–Crippen LogP) is -0.266. The zero-order valence-electron chi connectivity index (χ0n) is 19.4. The van der Waals surface area contributed by atoms with E-state index in [0.717, 1.165) is 17.1 Å². The summed E-state index contributed by atoms with van der Waals surface area (Å²) in [6, 6.07) is 2.83. The standard InChI is InChI=1S/C21H23N7O6S2/c1-3-34-25-13(16-24-21(22)36-26-16)17(29)23-14-18(30)28-15(20(31)32)12(10-35-19(14)28)8-27-6-4-11(5-7-27)9-33-2/h4-7,14,19H,3,8-10H2,1-2H3,(H3-,22,23,24,26,29,31,32)/p+1/t14?,19-/m1/s1. The number of carbonyl (C=O) groups excluding carboxylic acids is 2. The van der Waals surface area contributed by atoms with Crippen molar-refractivity contribution in [3.63, 3.8) is 0 Å². The number of aromatic nitrogens is 3. The fraction of sp³-hybridized carbons (Fsp3) is 0.381. The zero-order valence-corrected chi connectivity index (χ0v) is 21.0. The largest absolute Gasteiger partial charge is 0.477 e. The van der Waals surface area contributed by atoms with Crippen LogP contribution >= 0.6 is 23.3 Å². The summed E-state index contributed by atoms with van der Waals surface area (Å²) in [4.78, 5) is 48.2. The number of β-lactam (4-membered cyclic amide) rings is 1. The Labute approximate surface area is 214 Å². The maximum atomic E-state index is 13.0. The number of nitrogens with two attached hydrogens (primary N) is 1. The number of methoxy groups -OCH3 is 1. The van der Waals surface area contributed by atoms with Gasteiger partial charge in [-0.3, -0.25) is 14.5 Å². The summed E-state index contributed by atoms with van der Waals surface area (Å²) < 4.78 is 10.9. The molecule has 0 aliphatic carbocycles. The second kappa shape index (κ2) is 11.0. The summed E-state index contributed by atoms with van der Waals surface area (Å²) in [5.74, 6) is -2.11. The highest BCUT2D eigenvalue weighted by Gasteiger charge is 2.54. The van der Waals surface area contributed by atoms with Crippen molar-refractivity contribution >= 4 is 51.9 Å². The lowest BCUT2D eigenvalue weighted by Crippen LogP contribution is -2.71. The summed E-state index contributed by atoms with van der Waals surface area (Å²) >= 11 is 2.26. The minimum Gasteiger partial charge on any atom is -0.477 e. The Morgan fingerprint density at radius 1 is 1.39 bits per heavy atom. The quantitative estimate of drug-likeness (QED) is 0.159. The number of anilines is 1. The fourth-order valence-electron chi connectivity index (χ4n) is 3.74. The summed E-state index contributed by atoms with van der Waals surface area (Å²) in [6.07, 6.45) is 3.66. The predicted molar refractivity (Wildman–Crippen MR) is 130 cm³/mol. The molecule has 13 nitrogen and oxygen atoms in total. The first-order valence-electron chi connectivity index (χ1n) is 10.8. The summed E-state index contributed by atoms with van der Waals surface area (Å²) in [7, 11) is 1.61. The van der Waals surface area contributed by atoms with E-state index in [-0.39, 0.29) is 29.0 Å². The van der Waals surface area contributed by atoms with E-state index in [1.165, 1.54) is 16.7 Å². The van der Waals surface area contributed by atoms with Crippen LogP contribution in [0.15, 0.2) is 41.0 Å². The molecule has 0 radical (unpaired) electrons.